The smallest absolute Gasteiger partial charge is 0.231 e. The second kappa shape index (κ2) is 5.36. The third-order valence-corrected chi connectivity index (χ3v) is 3.52. The number of rotatable bonds is 4. The van der Waals surface area contributed by atoms with Crippen LogP contribution in [0.2, 0.25) is 0 Å². The second-order valence-corrected chi connectivity index (χ2v) is 5.41. The normalized spacial score (nSPS) is 11.3. The van der Waals surface area contributed by atoms with Crippen molar-refractivity contribution in [2.75, 3.05) is 11.1 Å². The third-order valence-electron chi connectivity index (χ3n) is 3.52. The fourth-order valence-corrected chi connectivity index (χ4v) is 1.67. The van der Waals surface area contributed by atoms with Gasteiger partial charge in [-0.05, 0) is 30.7 Å². The summed E-state index contributed by atoms with van der Waals surface area (Å²) in [6.07, 6.45) is 2.43. The predicted molar refractivity (Wildman–Crippen MR) is 80.7 cm³/mol. The van der Waals surface area contributed by atoms with E-state index in [1.165, 1.54) is 0 Å². The molecule has 3 N–H and O–H groups in total. The summed E-state index contributed by atoms with van der Waals surface area (Å²) < 4.78 is 1.68. The lowest BCUT2D eigenvalue weighted by Gasteiger charge is -2.21. The highest BCUT2D eigenvalue weighted by molar-refractivity contribution is 5.94. The van der Waals surface area contributed by atoms with E-state index in [1.807, 2.05) is 32.9 Å². The average molecular weight is 272 g/mol. The van der Waals surface area contributed by atoms with E-state index >= 15 is 0 Å². The van der Waals surface area contributed by atoms with E-state index in [9.17, 15) is 4.79 Å². The molecule has 1 amide bonds. The summed E-state index contributed by atoms with van der Waals surface area (Å²) >= 11 is 0. The first-order chi connectivity index (χ1) is 9.44. The van der Waals surface area contributed by atoms with E-state index < -0.39 is 5.41 Å². The number of nitrogen functional groups attached to an aromatic ring is 1. The first kappa shape index (κ1) is 14.1. The summed E-state index contributed by atoms with van der Waals surface area (Å²) in [5.74, 6) is 0.637. The second-order valence-electron chi connectivity index (χ2n) is 5.41. The van der Waals surface area contributed by atoms with Gasteiger partial charge in [-0.15, -0.1) is 0 Å². The van der Waals surface area contributed by atoms with Crippen molar-refractivity contribution in [3.8, 4) is 5.69 Å². The molecule has 0 unspecified atom stereocenters. The molecule has 1 aromatic carbocycles. The Morgan fingerprint density at radius 2 is 1.95 bits per heavy atom. The van der Waals surface area contributed by atoms with Crippen LogP contribution in [0.4, 0.5) is 11.5 Å². The Labute approximate surface area is 118 Å². The summed E-state index contributed by atoms with van der Waals surface area (Å²) in [5.41, 5.74) is 6.82. The van der Waals surface area contributed by atoms with Crippen molar-refractivity contribution >= 4 is 17.4 Å². The number of aromatic nitrogens is 2. The summed E-state index contributed by atoms with van der Waals surface area (Å²) in [5, 5.41) is 7.16. The fraction of sp³-hybridized carbons (Fsp3) is 0.333. The van der Waals surface area contributed by atoms with Crippen LogP contribution in [0.3, 0.4) is 0 Å². The zero-order valence-electron chi connectivity index (χ0n) is 12.1. The van der Waals surface area contributed by atoms with Gasteiger partial charge in [0.05, 0.1) is 11.9 Å². The van der Waals surface area contributed by atoms with Crippen molar-refractivity contribution in [1.29, 1.82) is 0 Å². The molecule has 0 saturated heterocycles. The number of amides is 1. The van der Waals surface area contributed by atoms with Crippen LogP contribution in [0, 0.1) is 5.41 Å². The summed E-state index contributed by atoms with van der Waals surface area (Å²) in [7, 11) is 0. The molecule has 5 nitrogen and oxygen atoms in total. The molecule has 0 bridgehead atoms. The van der Waals surface area contributed by atoms with Crippen molar-refractivity contribution in [1.82, 2.24) is 9.78 Å². The van der Waals surface area contributed by atoms with Crippen molar-refractivity contribution in [2.24, 2.45) is 5.41 Å². The number of nitrogens with zero attached hydrogens (tertiary/aromatic N) is 2. The third kappa shape index (κ3) is 2.82. The Morgan fingerprint density at radius 1 is 1.30 bits per heavy atom. The van der Waals surface area contributed by atoms with Crippen molar-refractivity contribution in [3.63, 3.8) is 0 Å². The van der Waals surface area contributed by atoms with Gasteiger partial charge in [0.1, 0.15) is 5.82 Å². The van der Waals surface area contributed by atoms with Crippen LogP contribution in [0.1, 0.15) is 27.2 Å². The Hall–Kier alpha value is -2.30. The van der Waals surface area contributed by atoms with Crippen molar-refractivity contribution in [2.45, 2.75) is 27.2 Å². The largest absolute Gasteiger partial charge is 0.399 e. The number of nitrogens with one attached hydrogen (secondary N) is 1. The van der Waals surface area contributed by atoms with Gasteiger partial charge in [0.25, 0.3) is 0 Å². The number of hydrogen-bond acceptors (Lipinski definition) is 3. The van der Waals surface area contributed by atoms with Gasteiger partial charge in [0.15, 0.2) is 0 Å². The van der Waals surface area contributed by atoms with Gasteiger partial charge >= 0.3 is 0 Å². The first-order valence-corrected chi connectivity index (χ1v) is 6.65. The maximum atomic E-state index is 12.2. The minimum atomic E-state index is -0.407. The molecule has 0 aliphatic rings. The topological polar surface area (TPSA) is 72.9 Å². The molecule has 2 aromatic rings. The van der Waals surface area contributed by atoms with Gasteiger partial charge in [0, 0.05) is 17.2 Å². The number of anilines is 2. The van der Waals surface area contributed by atoms with Gasteiger partial charge in [-0.2, -0.15) is 5.10 Å². The van der Waals surface area contributed by atoms with Crippen LogP contribution in [0.25, 0.3) is 5.69 Å². The van der Waals surface area contributed by atoms with Gasteiger partial charge in [-0.25, -0.2) is 4.68 Å². The SMILES string of the molecule is CCC(C)(C)C(=O)Nc1ccnn1-c1ccc(N)cc1. The monoisotopic (exact) mass is 272 g/mol. The lowest BCUT2D eigenvalue weighted by molar-refractivity contribution is -0.124. The molecule has 1 heterocycles. The van der Waals surface area contributed by atoms with Gasteiger partial charge < -0.3 is 11.1 Å². The molecule has 0 radical (unpaired) electrons. The van der Waals surface area contributed by atoms with Crippen molar-refractivity contribution in [3.05, 3.63) is 36.5 Å². The molecule has 2 rings (SSSR count). The van der Waals surface area contributed by atoms with Crippen LogP contribution in [0.15, 0.2) is 36.5 Å². The minimum absolute atomic E-state index is 0.0165. The van der Waals surface area contributed by atoms with Crippen LogP contribution >= 0.6 is 0 Å². The molecule has 5 heteroatoms. The number of carbonyl (C=O) groups is 1. The molecule has 106 valence electrons. The maximum Gasteiger partial charge on any atom is 0.231 e. The van der Waals surface area contributed by atoms with Crippen LogP contribution in [-0.4, -0.2) is 15.7 Å². The molecule has 0 aliphatic carbocycles. The predicted octanol–water partition coefficient (Wildman–Crippen LogP) is 2.83. The average Bonchev–Trinajstić information content (AvgIpc) is 2.87. The molecule has 0 fully saturated rings. The lowest BCUT2D eigenvalue weighted by atomic mass is 9.89. The Bertz CT molecular complexity index is 599. The van der Waals surface area contributed by atoms with Gasteiger partial charge in [-0.3, -0.25) is 4.79 Å². The van der Waals surface area contributed by atoms with E-state index in [1.54, 1.807) is 29.1 Å². The van der Waals surface area contributed by atoms with E-state index in [4.69, 9.17) is 5.73 Å². The van der Waals surface area contributed by atoms with Crippen LogP contribution in [-0.2, 0) is 4.79 Å². The Balaban J connectivity index is 2.25. The van der Waals surface area contributed by atoms with Gasteiger partial charge in [0.2, 0.25) is 5.91 Å². The highest BCUT2D eigenvalue weighted by Gasteiger charge is 2.26. The fourth-order valence-electron chi connectivity index (χ4n) is 1.67. The highest BCUT2D eigenvalue weighted by Crippen LogP contribution is 2.23. The Morgan fingerprint density at radius 3 is 2.55 bits per heavy atom. The number of carbonyl (C=O) groups excluding carboxylic acids is 1. The number of nitrogens with two attached hydrogens (primary N) is 1. The van der Waals surface area contributed by atoms with Gasteiger partial charge in [-0.1, -0.05) is 20.8 Å². The molecule has 20 heavy (non-hydrogen) atoms. The van der Waals surface area contributed by atoms with Crippen LogP contribution < -0.4 is 11.1 Å². The molecule has 0 aliphatic heterocycles. The van der Waals surface area contributed by atoms with E-state index in [-0.39, 0.29) is 5.91 Å². The molecular weight excluding hydrogens is 252 g/mol. The van der Waals surface area contributed by atoms with Crippen LogP contribution in [0.5, 0.6) is 0 Å². The number of hydrogen-bond donors (Lipinski definition) is 2. The zero-order valence-corrected chi connectivity index (χ0v) is 12.1. The van der Waals surface area contributed by atoms with E-state index in [0.717, 1.165) is 12.1 Å². The summed E-state index contributed by atoms with van der Waals surface area (Å²) in [4.78, 5) is 12.2. The van der Waals surface area contributed by atoms with E-state index in [0.29, 0.717) is 11.5 Å². The Kier molecular flexibility index (Phi) is 3.79. The number of benzene rings is 1. The van der Waals surface area contributed by atoms with Crippen molar-refractivity contribution < 1.29 is 4.79 Å². The molecule has 1 aromatic heterocycles. The standard InChI is InChI=1S/C15H20N4O/c1-4-15(2,3)14(20)18-13-9-10-17-19(13)12-7-5-11(16)6-8-12/h5-10H,4,16H2,1-3H3,(H,18,20). The molecule has 0 atom stereocenters. The zero-order chi connectivity index (χ0) is 14.8. The molecule has 0 saturated carbocycles. The molecule has 0 spiro atoms. The summed E-state index contributed by atoms with van der Waals surface area (Å²) in [6, 6.07) is 9.11. The maximum absolute atomic E-state index is 12.2. The lowest BCUT2D eigenvalue weighted by Crippen LogP contribution is -2.30. The minimum Gasteiger partial charge on any atom is -0.399 e. The quantitative estimate of drug-likeness (QED) is 0.840. The first-order valence-electron chi connectivity index (χ1n) is 6.65. The summed E-state index contributed by atoms with van der Waals surface area (Å²) in [6.45, 7) is 5.84. The van der Waals surface area contributed by atoms with E-state index in [2.05, 4.69) is 10.4 Å². The highest BCUT2D eigenvalue weighted by atomic mass is 16.2. The molecular formula is C15H20N4O.